The van der Waals surface area contributed by atoms with Gasteiger partial charge in [-0.05, 0) is 76.6 Å². The number of carbonyl (C=O) groups is 3. The number of aromatic hydroxyl groups is 1. The van der Waals surface area contributed by atoms with Gasteiger partial charge in [0.25, 0.3) is 0 Å². The monoisotopic (exact) mass is 547 g/mol. The first-order valence-corrected chi connectivity index (χ1v) is 14.6. The molecule has 0 bridgehead atoms. The van der Waals surface area contributed by atoms with E-state index in [4.69, 9.17) is 4.74 Å². The lowest BCUT2D eigenvalue weighted by Crippen LogP contribution is -2.55. The zero-order chi connectivity index (χ0) is 29.8. The van der Waals surface area contributed by atoms with Gasteiger partial charge in [0.05, 0.1) is 0 Å². The van der Waals surface area contributed by atoms with Gasteiger partial charge < -0.3 is 25.4 Å². The molecule has 1 aromatic carbocycles. The fraction of sp³-hybridized carbons (Fsp3) is 0.710. The van der Waals surface area contributed by atoms with E-state index in [1.165, 1.54) is 0 Å². The minimum absolute atomic E-state index is 0.0643. The third-order valence-electron chi connectivity index (χ3n) is 6.89. The van der Waals surface area contributed by atoms with Gasteiger partial charge >= 0.3 is 6.09 Å². The highest BCUT2D eigenvalue weighted by molar-refractivity contribution is 5.92. The zero-order valence-corrected chi connectivity index (χ0v) is 25.7. The molecular formula is C31H53N3O5. The molecule has 8 heteroatoms. The van der Waals surface area contributed by atoms with Crippen LogP contribution in [0.5, 0.6) is 5.75 Å². The molecule has 8 nitrogen and oxygen atoms in total. The van der Waals surface area contributed by atoms with Crippen molar-refractivity contribution in [1.29, 1.82) is 0 Å². The van der Waals surface area contributed by atoms with Crippen LogP contribution in [0, 0.1) is 12.8 Å². The van der Waals surface area contributed by atoms with Gasteiger partial charge in [0.1, 0.15) is 23.4 Å². The van der Waals surface area contributed by atoms with Crippen molar-refractivity contribution in [1.82, 2.24) is 15.5 Å². The summed E-state index contributed by atoms with van der Waals surface area (Å²) in [6.45, 7) is 17.5. The second-order valence-electron chi connectivity index (χ2n) is 11.7. The third kappa shape index (κ3) is 11.5. The van der Waals surface area contributed by atoms with Crippen LogP contribution in [-0.2, 0) is 14.3 Å². The summed E-state index contributed by atoms with van der Waals surface area (Å²) < 4.78 is 5.48. The van der Waals surface area contributed by atoms with Crippen LogP contribution in [0.25, 0.3) is 0 Å². The predicted octanol–water partition coefficient (Wildman–Crippen LogP) is 6.39. The third-order valence-corrected chi connectivity index (χ3v) is 6.89. The number of hydrogen-bond donors (Lipinski definition) is 3. The maximum absolute atomic E-state index is 14.3. The van der Waals surface area contributed by atoms with Crippen molar-refractivity contribution in [2.24, 2.45) is 5.92 Å². The zero-order valence-electron chi connectivity index (χ0n) is 25.7. The van der Waals surface area contributed by atoms with Crippen LogP contribution in [0.2, 0.25) is 0 Å². The summed E-state index contributed by atoms with van der Waals surface area (Å²) >= 11 is 0. The van der Waals surface area contributed by atoms with Crippen molar-refractivity contribution in [3.63, 3.8) is 0 Å². The highest BCUT2D eigenvalue weighted by Gasteiger charge is 2.38. The van der Waals surface area contributed by atoms with Crippen LogP contribution < -0.4 is 10.6 Å². The Morgan fingerprint density at radius 3 is 2.21 bits per heavy atom. The minimum Gasteiger partial charge on any atom is -0.508 e. The lowest BCUT2D eigenvalue weighted by Gasteiger charge is -2.36. The second-order valence-corrected chi connectivity index (χ2v) is 11.7. The van der Waals surface area contributed by atoms with Crippen molar-refractivity contribution in [3.8, 4) is 5.75 Å². The number of alkyl carbamates (subject to hydrolysis) is 1. The number of hydrogen-bond acceptors (Lipinski definition) is 5. The Bertz CT molecular complexity index is 927. The first-order valence-electron chi connectivity index (χ1n) is 14.6. The topological polar surface area (TPSA) is 108 Å². The normalized spacial score (nSPS) is 14.6. The van der Waals surface area contributed by atoms with E-state index in [0.29, 0.717) is 24.1 Å². The minimum atomic E-state index is -0.912. The fourth-order valence-corrected chi connectivity index (χ4v) is 4.52. The standard InChI is InChI=1S/C31H53N3O5/c1-10-13-14-15-19-34(29(37)26(21(4)12-3)33-30(38)39-31(7,8)9)27(28(36)32-23(6)16-11-2)24-17-18-25(35)22(5)20-24/h17-18,20-21,23,26-27,35H,10-16,19H2,1-9H3,(H,32,36)(H,33,38). The van der Waals surface area contributed by atoms with E-state index in [2.05, 4.69) is 24.5 Å². The largest absolute Gasteiger partial charge is 0.508 e. The quantitative estimate of drug-likeness (QED) is 0.220. The molecule has 4 atom stereocenters. The van der Waals surface area contributed by atoms with Gasteiger partial charge in [-0.15, -0.1) is 0 Å². The number of phenols is 1. The molecule has 0 radical (unpaired) electrons. The Hall–Kier alpha value is -2.77. The predicted molar refractivity (Wildman–Crippen MR) is 157 cm³/mol. The molecule has 0 saturated heterocycles. The van der Waals surface area contributed by atoms with Gasteiger partial charge in [-0.2, -0.15) is 0 Å². The Balaban J connectivity index is 3.58. The highest BCUT2D eigenvalue weighted by atomic mass is 16.6. The average molecular weight is 548 g/mol. The van der Waals surface area contributed by atoms with Crippen LogP contribution in [0.3, 0.4) is 0 Å². The number of amides is 3. The lowest BCUT2D eigenvalue weighted by molar-refractivity contribution is -0.143. The number of rotatable bonds is 15. The molecule has 0 aromatic heterocycles. The molecule has 1 rings (SSSR count). The highest BCUT2D eigenvalue weighted by Crippen LogP contribution is 2.29. The Morgan fingerprint density at radius 2 is 1.67 bits per heavy atom. The summed E-state index contributed by atoms with van der Waals surface area (Å²) in [6, 6.07) is 3.18. The van der Waals surface area contributed by atoms with Crippen molar-refractivity contribution >= 4 is 17.9 Å². The average Bonchev–Trinajstić information content (AvgIpc) is 2.84. The molecule has 0 aliphatic carbocycles. The van der Waals surface area contributed by atoms with E-state index in [-0.39, 0.29) is 29.5 Å². The van der Waals surface area contributed by atoms with Crippen LogP contribution in [-0.4, -0.2) is 52.1 Å². The van der Waals surface area contributed by atoms with E-state index in [1.54, 1.807) is 50.8 Å². The van der Waals surface area contributed by atoms with Crippen LogP contribution >= 0.6 is 0 Å². The molecule has 39 heavy (non-hydrogen) atoms. The van der Waals surface area contributed by atoms with Gasteiger partial charge in [0, 0.05) is 12.6 Å². The van der Waals surface area contributed by atoms with Gasteiger partial charge in [-0.3, -0.25) is 9.59 Å². The molecule has 0 aliphatic heterocycles. The van der Waals surface area contributed by atoms with E-state index < -0.39 is 23.8 Å². The van der Waals surface area contributed by atoms with Crippen LogP contribution in [0.4, 0.5) is 4.79 Å². The number of benzene rings is 1. The summed E-state index contributed by atoms with van der Waals surface area (Å²) in [4.78, 5) is 42.6. The number of unbranched alkanes of at least 4 members (excludes halogenated alkanes) is 3. The molecule has 0 fully saturated rings. The smallest absolute Gasteiger partial charge is 0.408 e. The fourth-order valence-electron chi connectivity index (χ4n) is 4.52. The molecule has 3 amide bonds. The molecule has 3 N–H and O–H groups in total. The number of phenolic OH excluding ortho intramolecular Hbond substituents is 1. The first kappa shape index (κ1) is 34.3. The second kappa shape index (κ2) is 16.4. The molecule has 1 aromatic rings. The van der Waals surface area contributed by atoms with Crippen molar-refractivity contribution in [2.45, 2.75) is 131 Å². The molecule has 0 saturated carbocycles. The summed E-state index contributed by atoms with van der Waals surface area (Å²) in [6.07, 6.45) is 5.43. The van der Waals surface area contributed by atoms with Crippen LogP contribution in [0.1, 0.15) is 118 Å². The van der Waals surface area contributed by atoms with Gasteiger partial charge in [-0.25, -0.2) is 4.79 Å². The number of nitrogens with zero attached hydrogens (tertiary/aromatic N) is 1. The summed E-state index contributed by atoms with van der Waals surface area (Å²) in [5.41, 5.74) is 0.528. The first-order chi connectivity index (χ1) is 18.2. The van der Waals surface area contributed by atoms with E-state index in [0.717, 1.165) is 38.5 Å². The summed E-state index contributed by atoms with van der Waals surface area (Å²) in [5, 5.41) is 16.1. The molecule has 4 unspecified atom stereocenters. The number of aryl methyl sites for hydroxylation is 1. The molecule has 0 heterocycles. The maximum atomic E-state index is 14.3. The molecule has 0 aliphatic rings. The Labute approximate surface area is 236 Å². The van der Waals surface area contributed by atoms with E-state index >= 15 is 0 Å². The van der Waals surface area contributed by atoms with E-state index in [1.807, 2.05) is 20.8 Å². The Morgan fingerprint density at radius 1 is 1.00 bits per heavy atom. The van der Waals surface area contributed by atoms with Gasteiger partial charge in [0.2, 0.25) is 11.8 Å². The lowest BCUT2D eigenvalue weighted by atomic mass is 9.94. The van der Waals surface area contributed by atoms with Crippen molar-refractivity contribution < 1.29 is 24.2 Å². The van der Waals surface area contributed by atoms with E-state index in [9.17, 15) is 19.5 Å². The molecular weight excluding hydrogens is 494 g/mol. The number of carbonyl (C=O) groups excluding carboxylic acids is 3. The molecule has 0 spiro atoms. The van der Waals surface area contributed by atoms with Gasteiger partial charge in [-0.1, -0.05) is 65.9 Å². The maximum Gasteiger partial charge on any atom is 0.408 e. The van der Waals surface area contributed by atoms with Crippen molar-refractivity contribution in [3.05, 3.63) is 29.3 Å². The van der Waals surface area contributed by atoms with Crippen molar-refractivity contribution in [2.75, 3.05) is 6.54 Å². The van der Waals surface area contributed by atoms with Gasteiger partial charge in [0.15, 0.2) is 0 Å². The SMILES string of the molecule is CCCCCCN(C(=O)C(NC(=O)OC(C)(C)C)C(C)CC)C(C(=O)NC(C)CCC)c1ccc(O)c(C)c1. The summed E-state index contributed by atoms with van der Waals surface area (Å²) in [7, 11) is 0. The Kier molecular flexibility index (Phi) is 14.4. The number of ether oxygens (including phenoxy) is 1. The molecule has 222 valence electrons. The summed E-state index contributed by atoms with van der Waals surface area (Å²) in [5.74, 6) is -0.652. The van der Waals surface area contributed by atoms with Crippen LogP contribution in [0.15, 0.2) is 18.2 Å². The number of nitrogens with one attached hydrogen (secondary N) is 2.